The second kappa shape index (κ2) is 6.40. The molecule has 0 saturated carbocycles. The Morgan fingerprint density at radius 1 is 1.12 bits per heavy atom. The average molecular weight is 374 g/mol. The summed E-state index contributed by atoms with van der Waals surface area (Å²) in [4.78, 5) is 5.02. The zero-order valence-corrected chi connectivity index (χ0v) is 15.3. The van der Waals surface area contributed by atoms with Gasteiger partial charge in [0, 0.05) is 24.7 Å². The molecule has 0 unspecified atom stereocenters. The van der Waals surface area contributed by atoms with Crippen LogP contribution in [0.2, 0.25) is 0 Å². The molecular weight excluding hydrogens is 354 g/mol. The molecule has 0 spiro atoms. The minimum Gasteiger partial charge on any atom is -0.399 e. The van der Waals surface area contributed by atoms with Gasteiger partial charge in [-0.3, -0.25) is 0 Å². The number of hydrogen-bond acceptors (Lipinski definition) is 5. The van der Waals surface area contributed by atoms with E-state index < -0.39 is 10.0 Å². The number of nitrogens with two attached hydrogens (primary N) is 1. The smallest absolute Gasteiger partial charge is 0.243 e. The number of aromatic nitrogens is 1. The Balaban J connectivity index is 1.61. The molecule has 25 heavy (non-hydrogen) atoms. The molecule has 1 atom stereocenters. The van der Waals surface area contributed by atoms with Gasteiger partial charge in [0.2, 0.25) is 10.0 Å². The summed E-state index contributed by atoms with van der Waals surface area (Å²) in [5.41, 5.74) is 7.22. The first-order valence-electron chi connectivity index (χ1n) is 8.25. The number of hydrogen-bond donors (Lipinski definition) is 1. The molecule has 1 aromatic heterocycles. The molecule has 1 aliphatic heterocycles. The lowest BCUT2D eigenvalue weighted by Crippen LogP contribution is -2.39. The van der Waals surface area contributed by atoms with Crippen molar-refractivity contribution in [3.63, 3.8) is 0 Å². The van der Waals surface area contributed by atoms with Crippen molar-refractivity contribution in [1.82, 2.24) is 9.29 Å². The van der Waals surface area contributed by atoms with Crippen LogP contribution in [0.15, 0.2) is 53.4 Å². The van der Waals surface area contributed by atoms with Crippen molar-refractivity contribution in [2.24, 2.45) is 0 Å². The van der Waals surface area contributed by atoms with Gasteiger partial charge in [-0.1, -0.05) is 12.1 Å². The molecular formula is C18H19N3O2S2. The first-order valence-corrected chi connectivity index (χ1v) is 10.5. The summed E-state index contributed by atoms with van der Waals surface area (Å²) in [6.45, 7) is 1.03. The summed E-state index contributed by atoms with van der Waals surface area (Å²) >= 11 is 1.67. The summed E-state index contributed by atoms with van der Waals surface area (Å²) in [6.07, 6.45) is 1.81. The number of rotatable bonds is 3. The Morgan fingerprint density at radius 2 is 1.88 bits per heavy atom. The van der Waals surface area contributed by atoms with Gasteiger partial charge in [0.05, 0.1) is 20.1 Å². The highest BCUT2D eigenvalue weighted by Crippen LogP contribution is 2.34. The van der Waals surface area contributed by atoms with E-state index in [0.717, 1.165) is 28.1 Å². The second-order valence-corrected chi connectivity index (χ2v) is 9.29. The lowest BCUT2D eigenvalue weighted by Gasteiger charge is -2.31. The van der Waals surface area contributed by atoms with E-state index in [0.29, 0.717) is 23.7 Å². The summed E-state index contributed by atoms with van der Waals surface area (Å²) in [6, 6.07) is 14.4. The van der Waals surface area contributed by atoms with Crippen LogP contribution in [0.25, 0.3) is 10.2 Å². The van der Waals surface area contributed by atoms with Crippen molar-refractivity contribution in [2.75, 3.05) is 18.8 Å². The predicted octanol–water partition coefficient (Wildman–Crippen LogP) is 3.45. The first-order chi connectivity index (χ1) is 12.0. The van der Waals surface area contributed by atoms with E-state index in [1.54, 1.807) is 39.9 Å². The van der Waals surface area contributed by atoms with Crippen LogP contribution >= 0.6 is 11.3 Å². The van der Waals surface area contributed by atoms with Gasteiger partial charge < -0.3 is 5.73 Å². The molecule has 1 saturated heterocycles. The highest BCUT2D eigenvalue weighted by Gasteiger charge is 2.32. The molecule has 7 heteroatoms. The lowest BCUT2D eigenvalue weighted by atomic mass is 10.0. The van der Waals surface area contributed by atoms with E-state index in [2.05, 4.69) is 6.07 Å². The summed E-state index contributed by atoms with van der Waals surface area (Å²) in [5, 5.41) is 1.03. The average Bonchev–Trinajstić information content (AvgIpc) is 3.06. The largest absolute Gasteiger partial charge is 0.399 e. The maximum absolute atomic E-state index is 12.9. The number of para-hydroxylation sites is 1. The third-order valence-electron chi connectivity index (χ3n) is 4.56. The minimum absolute atomic E-state index is 0.148. The maximum atomic E-state index is 12.9. The number of anilines is 1. The molecule has 4 rings (SSSR count). The van der Waals surface area contributed by atoms with Crippen LogP contribution in [0.1, 0.15) is 23.8 Å². The summed E-state index contributed by atoms with van der Waals surface area (Å²) in [7, 11) is -3.50. The third-order valence-corrected chi connectivity index (χ3v) is 7.64. The molecule has 0 radical (unpaired) electrons. The van der Waals surface area contributed by atoms with Gasteiger partial charge in [0.15, 0.2) is 0 Å². The van der Waals surface area contributed by atoms with Crippen LogP contribution < -0.4 is 5.73 Å². The predicted molar refractivity (Wildman–Crippen MR) is 101 cm³/mol. The zero-order chi connectivity index (χ0) is 17.4. The number of sulfonamides is 1. The van der Waals surface area contributed by atoms with Gasteiger partial charge in [-0.2, -0.15) is 4.31 Å². The summed E-state index contributed by atoms with van der Waals surface area (Å²) in [5.74, 6) is 0.148. The van der Waals surface area contributed by atoms with Gasteiger partial charge in [-0.15, -0.1) is 11.3 Å². The monoisotopic (exact) mass is 373 g/mol. The Hall–Kier alpha value is -1.96. The fraction of sp³-hybridized carbons (Fsp3) is 0.278. The molecule has 0 amide bonds. The SMILES string of the molecule is Nc1ccc(S(=O)(=O)N2CCC[C@@H](c3nc4ccccc4s3)C2)cc1. The standard InChI is InChI=1S/C18H19N3O2S2/c19-14-7-9-15(10-8-14)25(22,23)21-11-3-4-13(12-21)18-20-16-5-1-2-6-17(16)24-18/h1-2,5-10,13H,3-4,11-12,19H2/t13-/m1/s1. The molecule has 130 valence electrons. The molecule has 2 heterocycles. The number of thiazole rings is 1. The number of nitrogen functional groups attached to an aromatic ring is 1. The van der Waals surface area contributed by atoms with Crippen LogP contribution in [0.5, 0.6) is 0 Å². The van der Waals surface area contributed by atoms with Crippen molar-refractivity contribution in [1.29, 1.82) is 0 Å². The fourth-order valence-corrected chi connectivity index (χ4v) is 5.83. The fourth-order valence-electron chi connectivity index (χ4n) is 3.22. The van der Waals surface area contributed by atoms with E-state index in [-0.39, 0.29) is 5.92 Å². The van der Waals surface area contributed by atoms with Crippen molar-refractivity contribution < 1.29 is 8.42 Å². The zero-order valence-electron chi connectivity index (χ0n) is 13.6. The van der Waals surface area contributed by atoms with Crippen LogP contribution in [-0.4, -0.2) is 30.8 Å². The van der Waals surface area contributed by atoms with Gasteiger partial charge in [-0.25, -0.2) is 13.4 Å². The van der Waals surface area contributed by atoms with Crippen molar-refractivity contribution >= 4 is 37.3 Å². The number of nitrogens with zero attached hydrogens (tertiary/aromatic N) is 2. The Kier molecular flexibility index (Phi) is 4.23. The molecule has 3 aromatic rings. The third kappa shape index (κ3) is 3.15. The normalized spacial score (nSPS) is 19.3. The first kappa shape index (κ1) is 16.5. The number of piperidine rings is 1. The molecule has 0 aliphatic carbocycles. The van der Waals surface area contributed by atoms with Gasteiger partial charge in [0.25, 0.3) is 0 Å². The van der Waals surface area contributed by atoms with E-state index in [4.69, 9.17) is 10.7 Å². The Labute approximate surface area is 151 Å². The van der Waals surface area contributed by atoms with Gasteiger partial charge in [0.1, 0.15) is 0 Å². The van der Waals surface area contributed by atoms with Crippen LogP contribution in [-0.2, 0) is 10.0 Å². The molecule has 5 nitrogen and oxygen atoms in total. The van der Waals surface area contributed by atoms with Crippen molar-refractivity contribution in [3.8, 4) is 0 Å². The summed E-state index contributed by atoms with van der Waals surface area (Å²) < 4.78 is 28.6. The quantitative estimate of drug-likeness (QED) is 0.714. The topological polar surface area (TPSA) is 76.3 Å². The second-order valence-electron chi connectivity index (χ2n) is 6.29. The molecule has 2 aromatic carbocycles. The Bertz CT molecular complexity index is 964. The van der Waals surface area contributed by atoms with Crippen molar-refractivity contribution in [3.05, 3.63) is 53.5 Å². The maximum Gasteiger partial charge on any atom is 0.243 e. The highest BCUT2D eigenvalue weighted by atomic mass is 32.2. The Morgan fingerprint density at radius 3 is 2.64 bits per heavy atom. The number of fused-ring (bicyclic) bond motifs is 1. The molecule has 2 N–H and O–H groups in total. The van der Waals surface area contributed by atoms with Crippen LogP contribution in [0.3, 0.4) is 0 Å². The highest BCUT2D eigenvalue weighted by molar-refractivity contribution is 7.89. The van der Waals surface area contributed by atoms with Crippen molar-refractivity contribution in [2.45, 2.75) is 23.7 Å². The molecule has 0 bridgehead atoms. The van der Waals surface area contributed by atoms with E-state index in [9.17, 15) is 8.42 Å². The lowest BCUT2D eigenvalue weighted by molar-refractivity contribution is 0.315. The minimum atomic E-state index is -3.50. The molecule has 1 fully saturated rings. The molecule has 1 aliphatic rings. The van der Waals surface area contributed by atoms with Crippen LogP contribution in [0.4, 0.5) is 5.69 Å². The van der Waals surface area contributed by atoms with E-state index >= 15 is 0 Å². The van der Waals surface area contributed by atoms with Gasteiger partial charge in [-0.05, 0) is 49.2 Å². The van der Waals surface area contributed by atoms with E-state index in [1.165, 1.54) is 0 Å². The number of benzene rings is 2. The van der Waals surface area contributed by atoms with Gasteiger partial charge >= 0.3 is 0 Å². The van der Waals surface area contributed by atoms with Crippen LogP contribution in [0, 0.1) is 0 Å². The van der Waals surface area contributed by atoms with E-state index in [1.807, 2.05) is 18.2 Å².